The molecule has 16 heteroatoms. The van der Waals surface area contributed by atoms with Gasteiger partial charge in [-0.1, -0.05) is 194 Å². The molecule has 0 bridgehead atoms. The van der Waals surface area contributed by atoms with Crippen molar-refractivity contribution in [2.45, 2.75) is 38.9 Å². The van der Waals surface area contributed by atoms with Gasteiger partial charge in [0.2, 0.25) is 0 Å². The lowest BCUT2D eigenvalue weighted by molar-refractivity contribution is 0.00578. The quantitative estimate of drug-likeness (QED) is 0.0658. The van der Waals surface area contributed by atoms with E-state index in [1.54, 1.807) is 36.4 Å². The fourth-order valence-electron chi connectivity index (χ4n) is 14.9. The van der Waals surface area contributed by atoms with Crippen molar-refractivity contribution >= 4 is 148 Å². The van der Waals surface area contributed by atoms with Gasteiger partial charge in [-0.05, 0) is 195 Å². The van der Waals surface area contributed by atoms with Crippen LogP contribution in [0.4, 0.5) is 26.3 Å². The summed E-state index contributed by atoms with van der Waals surface area (Å²) in [6.07, 6.45) is 0. The van der Waals surface area contributed by atoms with Crippen LogP contribution in [-0.4, -0.2) is 36.6 Å². The van der Waals surface area contributed by atoms with Gasteiger partial charge in [-0.2, -0.15) is 0 Å². The maximum Gasteiger partial charge on any atom is 0.494 e. The fourth-order valence-corrected chi connectivity index (χ4v) is 16.9. The van der Waals surface area contributed by atoms with E-state index < -0.39 is 48.3 Å². The van der Waals surface area contributed by atoms with E-state index in [1.807, 2.05) is 109 Å². The summed E-state index contributed by atoms with van der Waals surface area (Å²) in [6.45, 7) is 8.33. The number of hydrogen-bond acceptors (Lipinski definition) is 2. The van der Waals surface area contributed by atoms with Crippen molar-refractivity contribution in [1.29, 1.82) is 0 Å². The molecule has 0 saturated carbocycles. The summed E-state index contributed by atoms with van der Waals surface area (Å²) in [5.74, 6) is -5.88. The Kier molecular flexibility index (Phi) is 17.4. The van der Waals surface area contributed by atoms with Crippen LogP contribution in [0.3, 0.4) is 0 Å². The Morgan fingerprint density at radius 1 is 0.245 bits per heavy atom. The van der Waals surface area contributed by atoms with Gasteiger partial charge in [0.15, 0.2) is 17.5 Å². The highest BCUT2D eigenvalue weighted by Gasteiger charge is 2.51. The van der Waals surface area contributed by atoms with Crippen LogP contribution in [0.25, 0.3) is 143 Å². The van der Waals surface area contributed by atoms with Gasteiger partial charge in [0.1, 0.15) is 17.5 Å². The maximum absolute atomic E-state index is 17.5. The zero-order chi connectivity index (χ0) is 73.0. The lowest BCUT2D eigenvalue weighted by Crippen LogP contribution is -2.41. The molecule has 0 N–H and O–H groups in total. The molecule has 19 rings (SSSR count). The Bertz CT molecular complexity index is 5750. The summed E-state index contributed by atoms with van der Waals surface area (Å²) in [6, 6.07) is 96.4. The zero-order valence-electron chi connectivity index (χ0n) is 57.3. The van der Waals surface area contributed by atoms with Crippen LogP contribution >= 0.6 is 47.8 Å². The van der Waals surface area contributed by atoms with Crippen LogP contribution in [0.5, 0.6) is 0 Å². The zero-order valence-corrected chi connectivity index (χ0v) is 62.1. The van der Waals surface area contributed by atoms with E-state index in [1.165, 1.54) is 21.8 Å². The molecular formula is C90H60BBr3F6N4O2. The Morgan fingerprint density at radius 2 is 0.425 bits per heavy atom. The topological polar surface area (TPSA) is 38.2 Å². The van der Waals surface area contributed by atoms with Gasteiger partial charge in [0.25, 0.3) is 0 Å². The van der Waals surface area contributed by atoms with Crippen LogP contribution in [0.15, 0.2) is 305 Å². The number of para-hydroxylation sites is 8. The van der Waals surface area contributed by atoms with Gasteiger partial charge in [0, 0.05) is 65.8 Å². The summed E-state index contributed by atoms with van der Waals surface area (Å²) < 4.78 is 111. The van der Waals surface area contributed by atoms with Crippen molar-refractivity contribution < 1.29 is 35.7 Å². The van der Waals surface area contributed by atoms with Crippen LogP contribution in [-0.2, 0) is 9.31 Å². The first-order valence-corrected chi connectivity index (χ1v) is 36.8. The Balaban J connectivity index is 0.000000169. The van der Waals surface area contributed by atoms with Gasteiger partial charge in [-0.25, -0.2) is 26.3 Å². The first-order chi connectivity index (χ1) is 51.4. The largest absolute Gasteiger partial charge is 0.494 e. The molecule has 6 nitrogen and oxygen atoms in total. The van der Waals surface area contributed by atoms with Gasteiger partial charge in [0.05, 0.1) is 85.4 Å². The lowest BCUT2D eigenvalue weighted by Gasteiger charge is -2.32. The highest BCUT2D eigenvalue weighted by atomic mass is 79.9. The van der Waals surface area contributed by atoms with Crippen LogP contribution in [0.1, 0.15) is 27.7 Å². The lowest BCUT2D eigenvalue weighted by atomic mass is 9.79. The third-order valence-electron chi connectivity index (χ3n) is 20.7. The first-order valence-electron chi connectivity index (χ1n) is 34.5. The minimum atomic E-state index is -0.992. The monoisotopic (exact) mass is 1590 g/mol. The Labute approximate surface area is 631 Å². The maximum atomic E-state index is 17.5. The summed E-state index contributed by atoms with van der Waals surface area (Å²) in [7, 11) is -0.336. The SMILES string of the molecule is CC1(C)OB(c2ccc(-n3c4ccccc4c4ccccc43)cc2)OC1(C)C.Fc1c(-c2ccc(-n3c4ccccc4c4ccccc43)cc2)c(F)c(-c2ccc(-n3c4ccccc4c4ccccc43)cc2)c(F)c1-c1ccc(-n2c3ccccc3c3ccccc32)cc1.Fc1c(Br)c(F)c(Br)c(F)c1Br. The highest BCUT2D eigenvalue weighted by molar-refractivity contribution is 9.11. The molecule has 5 heterocycles. The molecule has 106 heavy (non-hydrogen) atoms. The van der Waals surface area contributed by atoms with E-state index in [0.29, 0.717) is 16.7 Å². The molecular weight excluding hydrogens is 1530 g/mol. The van der Waals surface area contributed by atoms with E-state index in [2.05, 4.69) is 239 Å². The third-order valence-corrected chi connectivity index (χ3v) is 22.8. The predicted molar refractivity (Wildman–Crippen MR) is 432 cm³/mol. The summed E-state index contributed by atoms with van der Waals surface area (Å²) in [5, 5.41) is 9.18. The predicted octanol–water partition coefficient (Wildman–Crippen LogP) is 25.9. The summed E-state index contributed by atoms with van der Waals surface area (Å²) >= 11 is 7.91. The second-order valence-corrected chi connectivity index (χ2v) is 29.6. The van der Waals surface area contributed by atoms with Crippen molar-refractivity contribution in [3.63, 3.8) is 0 Å². The molecule has 0 spiro atoms. The molecule has 1 saturated heterocycles. The molecule has 0 atom stereocenters. The van der Waals surface area contributed by atoms with Crippen molar-refractivity contribution in [3.05, 3.63) is 340 Å². The van der Waals surface area contributed by atoms with E-state index in [0.717, 1.165) is 93.6 Å². The number of rotatable bonds is 8. The molecule has 0 aliphatic carbocycles. The molecule has 18 aromatic rings. The average molecular weight is 1590 g/mol. The molecule has 0 radical (unpaired) electrons. The number of benzene rings is 14. The normalized spacial score (nSPS) is 13.4. The molecule has 1 aliphatic rings. The first kappa shape index (κ1) is 68.4. The number of fused-ring (bicyclic) bond motifs is 12. The second-order valence-electron chi connectivity index (χ2n) is 27.3. The minimum absolute atomic E-state index is 0.292. The molecule has 1 fully saturated rings. The number of hydrogen-bond donors (Lipinski definition) is 0. The van der Waals surface area contributed by atoms with Crippen LogP contribution < -0.4 is 5.46 Å². The highest BCUT2D eigenvalue weighted by Crippen LogP contribution is 2.46. The van der Waals surface area contributed by atoms with Crippen molar-refractivity contribution in [2.75, 3.05) is 0 Å². The van der Waals surface area contributed by atoms with E-state index in [-0.39, 0.29) is 35.0 Å². The van der Waals surface area contributed by atoms with Gasteiger partial charge >= 0.3 is 7.12 Å². The average Bonchev–Trinajstić information content (AvgIpc) is 0.893. The molecule has 4 aromatic heterocycles. The van der Waals surface area contributed by atoms with Crippen LogP contribution in [0, 0.1) is 34.9 Å². The van der Waals surface area contributed by atoms with Crippen LogP contribution in [0.2, 0.25) is 0 Å². The van der Waals surface area contributed by atoms with E-state index >= 15 is 13.2 Å². The fraction of sp³-hybridized carbons (Fsp3) is 0.0667. The van der Waals surface area contributed by atoms with E-state index in [9.17, 15) is 13.2 Å². The van der Waals surface area contributed by atoms with E-state index in [4.69, 9.17) is 9.31 Å². The van der Waals surface area contributed by atoms with Gasteiger partial charge < -0.3 is 27.6 Å². The number of nitrogens with zero attached hydrogens (tertiary/aromatic N) is 4. The van der Waals surface area contributed by atoms with Gasteiger partial charge in [-0.3, -0.25) is 0 Å². The Morgan fingerprint density at radius 3 is 0.623 bits per heavy atom. The van der Waals surface area contributed by atoms with Crippen molar-refractivity contribution in [2.24, 2.45) is 0 Å². The summed E-state index contributed by atoms with van der Waals surface area (Å²) in [5.41, 5.74) is 12.5. The van der Waals surface area contributed by atoms with Crippen molar-refractivity contribution in [3.8, 4) is 56.1 Å². The van der Waals surface area contributed by atoms with Crippen molar-refractivity contribution in [1.82, 2.24) is 18.3 Å². The molecule has 518 valence electrons. The molecule has 1 aliphatic heterocycles. The molecule has 14 aromatic carbocycles. The summed E-state index contributed by atoms with van der Waals surface area (Å²) in [4.78, 5) is 0. The third kappa shape index (κ3) is 11.4. The number of halogens is 9. The smallest absolute Gasteiger partial charge is 0.399 e. The number of aromatic nitrogens is 4. The molecule has 0 unspecified atom stereocenters. The standard InChI is InChI=1S/C60H36F3N3.C24H24BNO2.C6Br3F3/c61-58-55(37-25-31-40(32-26-37)64-49-19-7-1-13-43(49)44-14-2-8-20-50(44)64)59(62)57(39-29-35-42(36-30-39)66-53-23-11-5-17-47(53)48-18-6-12-24-54(48)66)60(63)56(58)38-27-33-41(34-28-38)65-51-21-9-3-15-45(51)46-16-4-10-22-52(46)65;1-23(2)24(3,4)28-25(27-23)17-13-15-18(16-14-17)26-21-11-7-5-9-19(21)20-10-6-8-12-22(20)26;7-1-4(10)2(8)6(12)3(9)5(1)11/h1-36H;5-16H,1-4H3;. The second kappa shape index (κ2) is 27.0. The Hall–Kier alpha value is -10.7. The minimum Gasteiger partial charge on any atom is -0.399 e. The molecule has 0 amide bonds. The van der Waals surface area contributed by atoms with Gasteiger partial charge in [-0.15, -0.1) is 0 Å².